The van der Waals surface area contributed by atoms with Crippen LogP contribution in [-0.2, 0) is 0 Å². The Bertz CT molecular complexity index is 3030. The van der Waals surface area contributed by atoms with Crippen LogP contribution in [0.15, 0.2) is 138 Å². The molecule has 230 valence electrons. The number of rotatable bonds is 4. The summed E-state index contributed by atoms with van der Waals surface area (Å²) in [6, 6.07) is 43.1. The predicted octanol–water partition coefficient (Wildman–Crippen LogP) is 13.2. The fourth-order valence-electron chi connectivity index (χ4n) is 7.52. The van der Waals surface area contributed by atoms with Gasteiger partial charge in [-0.05, 0) is 75.8 Å². The van der Waals surface area contributed by atoms with Crippen molar-refractivity contribution in [2.24, 2.45) is 0 Å². The summed E-state index contributed by atoms with van der Waals surface area (Å²) in [6.45, 7) is 6.27. The summed E-state index contributed by atoms with van der Waals surface area (Å²) >= 11 is 1.85. The molecular formula is C45H28N2OS. The number of hydrogen-bond acceptors (Lipinski definition) is 4. The Hall–Kier alpha value is -6.10. The van der Waals surface area contributed by atoms with Gasteiger partial charge in [-0.25, -0.2) is 9.97 Å². The lowest BCUT2D eigenvalue weighted by atomic mass is 9.92. The van der Waals surface area contributed by atoms with Crippen LogP contribution in [-0.4, -0.2) is 9.97 Å². The second-order valence-corrected chi connectivity index (χ2v) is 13.5. The van der Waals surface area contributed by atoms with Crippen molar-refractivity contribution < 1.29 is 4.42 Å². The van der Waals surface area contributed by atoms with Gasteiger partial charge in [-0.1, -0.05) is 116 Å². The lowest BCUT2D eigenvalue weighted by Gasteiger charge is -2.12. The van der Waals surface area contributed by atoms with E-state index in [-0.39, 0.29) is 0 Å². The number of thiophene rings is 1. The molecule has 3 nitrogen and oxygen atoms in total. The molecule has 0 aliphatic rings. The highest BCUT2D eigenvalue weighted by Gasteiger charge is 2.19. The second-order valence-electron chi connectivity index (χ2n) is 12.5. The van der Waals surface area contributed by atoms with E-state index in [2.05, 4.69) is 141 Å². The van der Waals surface area contributed by atoms with Crippen LogP contribution in [0.5, 0.6) is 0 Å². The van der Waals surface area contributed by atoms with Gasteiger partial charge in [-0.15, -0.1) is 11.3 Å². The van der Waals surface area contributed by atoms with Crippen molar-refractivity contribution in [1.29, 1.82) is 0 Å². The summed E-state index contributed by atoms with van der Waals surface area (Å²) < 4.78 is 8.92. The molecule has 10 aromatic rings. The number of fused-ring (bicyclic) bond motifs is 12. The van der Waals surface area contributed by atoms with E-state index in [4.69, 9.17) is 14.4 Å². The molecule has 0 atom stereocenters. The molecule has 10 rings (SSSR count). The van der Waals surface area contributed by atoms with Crippen LogP contribution in [0, 0.1) is 0 Å². The predicted molar refractivity (Wildman–Crippen MR) is 210 cm³/mol. The molecule has 0 amide bonds. The Morgan fingerprint density at radius 3 is 2.04 bits per heavy atom. The molecule has 4 heteroatoms. The normalized spacial score (nSPS) is 12.2. The average molecular weight is 645 g/mol. The monoisotopic (exact) mass is 644 g/mol. The Morgan fingerprint density at radius 1 is 0.612 bits per heavy atom. The number of allylic oxidation sites excluding steroid dienone is 1. The molecule has 0 saturated carbocycles. The molecule has 0 N–H and O–H groups in total. The zero-order chi connectivity index (χ0) is 32.6. The van der Waals surface area contributed by atoms with Crippen molar-refractivity contribution in [2.45, 2.75) is 6.92 Å². The average Bonchev–Trinajstić information content (AvgIpc) is 3.72. The smallest absolute Gasteiger partial charge is 0.246 e. The maximum absolute atomic E-state index is 6.35. The maximum atomic E-state index is 6.35. The number of aromatic nitrogens is 2. The highest BCUT2D eigenvalue weighted by Crippen LogP contribution is 2.45. The Morgan fingerprint density at radius 2 is 1.29 bits per heavy atom. The minimum Gasteiger partial charge on any atom is -0.436 e. The molecule has 0 unspecified atom stereocenters. The maximum Gasteiger partial charge on any atom is 0.246 e. The largest absolute Gasteiger partial charge is 0.436 e. The van der Waals surface area contributed by atoms with Crippen LogP contribution in [0.25, 0.3) is 109 Å². The highest BCUT2D eigenvalue weighted by atomic mass is 32.1. The van der Waals surface area contributed by atoms with E-state index in [1.165, 1.54) is 47.6 Å². The van der Waals surface area contributed by atoms with Gasteiger partial charge in [-0.2, -0.15) is 0 Å². The van der Waals surface area contributed by atoms with Crippen molar-refractivity contribution >= 4 is 98.4 Å². The molecule has 0 radical (unpaired) electrons. The topological polar surface area (TPSA) is 38.9 Å². The first-order valence-electron chi connectivity index (χ1n) is 16.5. The zero-order valence-electron chi connectivity index (χ0n) is 26.7. The van der Waals surface area contributed by atoms with Gasteiger partial charge in [0, 0.05) is 41.9 Å². The molecule has 0 saturated heterocycles. The lowest BCUT2D eigenvalue weighted by Crippen LogP contribution is -1.90. The third kappa shape index (κ3) is 4.14. The van der Waals surface area contributed by atoms with Crippen molar-refractivity contribution in [2.75, 3.05) is 0 Å². The number of nitrogens with zero attached hydrogens (tertiary/aromatic N) is 2. The molecular weight excluding hydrogens is 617 g/mol. The van der Waals surface area contributed by atoms with Crippen LogP contribution >= 0.6 is 11.3 Å². The van der Waals surface area contributed by atoms with E-state index >= 15 is 0 Å². The molecule has 3 heterocycles. The van der Waals surface area contributed by atoms with Crippen LogP contribution in [0.4, 0.5) is 0 Å². The Balaban J connectivity index is 1.18. The molecule has 3 aromatic heterocycles. The van der Waals surface area contributed by atoms with E-state index < -0.39 is 0 Å². The first-order valence-corrected chi connectivity index (χ1v) is 17.3. The third-order valence-electron chi connectivity index (χ3n) is 9.74. The van der Waals surface area contributed by atoms with Crippen LogP contribution in [0.2, 0.25) is 0 Å². The molecule has 0 aliphatic carbocycles. The van der Waals surface area contributed by atoms with Crippen LogP contribution < -0.4 is 0 Å². The van der Waals surface area contributed by atoms with E-state index in [9.17, 15) is 0 Å². The van der Waals surface area contributed by atoms with Crippen LogP contribution in [0.3, 0.4) is 0 Å². The summed E-state index contributed by atoms with van der Waals surface area (Å²) in [4.78, 5) is 10.4. The van der Waals surface area contributed by atoms with Gasteiger partial charge in [0.1, 0.15) is 16.6 Å². The van der Waals surface area contributed by atoms with Crippen molar-refractivity contribution in [3.63, 3.8) is 0 Å². The van der Waals surface area contributed by atoms with Gasteiger partial charge in [0.05, 0.1) is 5.52 Å². The fourth-order valence-corrected chi connectivity index (χ4v) is 8.78. The summed E-state index contributed by atoms with van der Waals surface area (Å²) in [5.41, 5.74) is 10.8. The number of furan rings is 1. The second kappa shape index (κ2) is 10.7. The molecule has 0 bridgehead atoms. The van der Waals surface area contributed by atoms with E-state index in [1.54, 1.807) is 0 Å². The summed E-state index contributed by atoms with van der Waals surface area (Å²) in [6.07, 6.45) is 6.30. The molecule has 0 fully saturated rings. The summed E-state index contributed by atoms with van der Waals surface area (Å²) in [5, 5.41) is 8.04. The number of hydrogen-bond donors (Lipinski definition) is 0. The summed E-state index contributed by atoms with van der Waals surface area (Å²) in [7, 11) is 0. The molecule has 7 aromatic carbocycles. The first kappa shape index (κ1) is 28.0. The molecule has 0 aliphatic heterocycles. The minimum absolute atomic E-state index is 0.555. The highest BCUT2D eigenvalue weighted by molar-refractivity contribution is 7.26. The molecule has 49 heavy (non-hydrogen) atoms. The third-order valence-corrected chi connectivity index (χ3v) is 10.9. The first-order chi connectivity index (χ1) is 24.2. The lowest BCUT2D eigenvalue weighted by molar-refractivity contribution is 0.655. The Kier molecular flexibility index (Phi) is 6.11. The zero-order valence-corrected chi connectivity index (χ0v) is 27.5. The number of benzene rings is 7. The van der Waals surface area contributed by atoms with Gasteiger partial charge in [-0.3, -0.25) is 0 Å². The minimum atomic E-state index is 0.555. The van der Waals surface area contributed by atoms with Crippen molar-refractivity contribution in [1.82, 2.24) is 9.97 Å². The van der Waals surface area contributed by atoms with Gasteiger partial charge in [0.15, 0.2) is 0 Å². The van der Waals surface area contributed by atoms with Gasteiger partial charge < -0.3 is 4.42 Å². The van der Waals surface area contributed by atoms with Gasteiger partial charge >= 0.3 is 0 Å². The van der Waals surface area contributed by atoms with Crippen molar-refractivity contribution in [3.05, 3.63) is 145 Å². The van der Waals surface area contributed by atoms with Gasteiger partial charge in [0.2, 0.25) is 5.71 Å². The van der Waals surface area contributed by atoms with E-state index in [1.807, 2.05) is 23.5 Å². The van der Waals surface area contributed by atoms with E-state index in [0.29, 0.717) is 5.71 Å². The van der Waals surface area contributed by atoms with E-state index in [0.717, 1.165) is 55.0 Å². The van der Waals surface area contributed by atoms with Crippen molar-refractivity contribution in [3.8, 4) is 22.3 Å². The quantitative estimate of drug-likeness (QED) is 0.179. The SMILES string of the molecule is C=Cc1cc(-c2cccc(-c3ccc4oc5nc6c7ccccc7c7ccccc7c6nc5c4c3)c2)c2sc3ccccc3c2c1/C=C\C. The Labute approximate surface area is 286 Å². The van der Waals surface area contributed by atoms with Gasteiger partial charge in [0.25, 0.3) is 0 Å². The summed E-state index contributed by atoms with van der Waals surface area (Å²) in [5.74, 6) is 0. The fraction of sp³-hybridized carbons (Fsp3) is 0.0222. The van der Waals surface area contributed by atoms with Crippen LogP contribution in [0.1, 0.15) is 18.1 Å². The standard InChI is InChI=1S/C45H28N2OS/c1-3-12-30-26(4-2)24-36(44-40(30)35-19-9-10-20-39(35)49-44)29-14-11-13-27(23-29)28-21-22-38-37(25-28)43-45(48-38)47-42-34-18-8-6-16-32(34)31-15-5-7-17-33(31)41(42)46-43/h3-25H,2H2,1H3/b12-3-. The molecule has 0 spiro atoms.